The van der Waals surface area contributed by atoms with Crippen molar-refractivity contribution in [1.82, 2.24) is 4.57 Å². The Labute approximate surface area is 265 Å². The Kier molecular flexibility index (Phi) is 5.97. The van der Waals surface area contributed by atoms with Crippen molar-refractivity contribution in [3.63, 3.8) is 0 Å². The Balaban J connectivity index is 1.33. The van der Waals surface area contributed by atoms with Crippen LogP contribution in [0.4, 0.5) is 0 Å². The average Bonchev–Trinajstić information content (AvgIpc) is 3.47. The molecule has 216 valence electrons. The molecule has 7 aromatic carbocycles. The molecule has 0 saturated heterocycles. The second-order valence-electron chi connectivity index (χ2n) is 11.7. The molecule has 3 nitrogen and oxygen atoms in total. The van der Waals surface area contributed by atoms with Crippen molar-refractivity contribution >= 4 is 43.5 Å². The number of nitrogens with zero attached hydrogens (tertiary/aromatic N) is 1. The van der Waals surface area contributed by atoms with Gasteiger partial charge in [-0.3, -0.25) is 0 Å². The van der Waals surface area contributed by atoms with Crippen molar-refractivity contribution in [2.75, 3.05) is 0 Å². The first kappa shape index (κ1) is 26.2. The third-order valence-corrected chi connectivity index (χ3v) is 9.00. The summed E-state index contributed by atoms with van der Waals surface area (Å²) in [6.45, 7) is 0. The van der Waals surface area contributed by atoms with Gasteiger partial charge in [-0.15, -0.1) is 0 Å². The smallest absolute Gasteiger partial charge is 0.344 e. The van der Waals surface area contributed by atoms with Crippen molar-refractivity contribution in [3.05, 3.63) is 174 Å². The van der Waals surface area contributed by atoms with Crippen LogP contribution in [0.1, 0.15) is 0 Å². The highest BCUT2D eigenvalue weighted by Gasteiger charge is 2.19. The van der Waals surface area contributed by atoms with Crippen LogP contribution >= 0.6 is 0 Å². The maximum absolute atomic E-state index is 12.9. The Morgan fingerprint density at radius 1 is 0.413 bits per heavy atom. The van der Waals surface area contributed by atoms with Crippen molar-refractivity contribution in [1.29, 1.82) is 0 Å². The van der Waals surface area contributed by atoms with Gasteiger partial charge >= 0.3 is 5.63 Å². The van der Waals surface area contributed by atoms with Crippen LogP contribution in [0.25, 0.3) is 82.6 Å². The topological polar surface area (TPSA) is 35.1 Å². The Hall–Kier alpha value is -6.19. The van der Waals surface area contributed by atoms with Gasteiger partial charge in [-0.25, -0.2) is 4.79 Å². The van der Waals surface area contributed by atoms with Crippen LogP contribution in [0, 0.1) is 0 Å². The molecule has 0 aliphatic rings. The van der Waals surface area contributed by atoms with Crippen LogP contribution < -0.4 is 5.63 Å². The largest absolute Gasteiger partial charge is 0.422 e. The average molecular weight is 590 g/mol. The van der Waals surface area contributed by atoms with E-state index in [1.807, 2.05) is 30.3 Å². The summed E-state index contributed by atoms with van der Waals surface area (Å²) in [4.78, 5) is 12.9. The molecule has 0 radical (unpaired) electrons. The van der Waals surface area contributed by atoms with Crippen LogP contribution in [0.3, 0.4) is 0 Å². The molecule has 0 saturated carbocycles. The maximum Gasteiger partial charge on any atom is 0.344 e. The van der Waals surface area contributed by atoms with E-state index in [4.69, 9.17) is 4.42 Å². The van der Waals surface area contributed by atoms with Crippen molar-refractivity contribution in [2.24, 2.45) is 0 Å². The lowest BCUT2D eigenvalue weighted by molar-refractivity contribution is 0.570. The van der Waals surface area contributed by atoms with Gasteiger partial charge in [0, 0.05) is 21.8 Å². The highest BCUT2D eigenvalue weighted by Crippen LogP contribution is 2.40. The summed E-state index contributed by atoms with van der Waals surface area (Å²) in [5.74, 6) is 0. The minimum absolute atomic E-state index is 0.320. The van der Waals surface area contributed by atoms with Crippen LogP contribution in [0.15, 0.2) is 173 Å². The van der Waals surface area contributed by atoms with Gasteiger partial charge in [-0.05, 0) is 88.0 Å². The van der Waals surface area contributed by atoms with Crippen molar-refractivity contribution < 1.29 is 4.42 Å². The molecule has 3 heteroatoms. The number of para-hydroxylation sites is 1. The van der Waals surface area contributed by atoms with Gasteiger partial charge in [0.25, 0.3) is 0 Å². The summed E-state index contributed by atoms with van der Waals surface area (Å²) in [5.41, 5.74) is 10.4. The fraction of sp³-hybridized carbons (Fsp3) is 0. The fourth-order valence-corrected chi connectivity index (χ4v) is 6.90. The third kappa shape index (κ3) is 4.17. The Bertz CT molecular complexity index is 2590. The van der Waals surface area contributed by atoms with Gasteiger partial charge in [0.1, 0.15) is 5.58 Å². The first-order chi connectivity index (χ1) is 22.7. The van der Waals surface area contributed by atoms with Crippen LogP contribution in [-0.4, -0.2) is 4.57 Å². The van der Waals surface area contributed by atoms with Gasteiger partial charge in [0.15, 0.2) is 0 Å². The molecular weight excluding hydrogens is 562 g/mol. The van der Waals surface area contributed by atoms with E-state index in [9.17, 15) is 4.79 Å². The number of aromatic nitrogens is 1. The maximum atomic E-state index is 12.9. The summed E-state index contributed by atoms with van der Waals surface area (Å²) in [7, 11) is 0. The van der Waals surface area contributed by atoms with Crippen LogP contribution in [-0.2, 0) is 0 Å². The van der Waals surface area contributed by atoms with E-state index in [-0.39, 0.29) is 5.63 Å². The summed E-state index contributed by atoms with van der Waals surface area (Å²) in [5, 5.41) is 4.68. The molecule has 0 amide bonds. The molecule has 0 aliphatic heterocycles. The molecule has 0 bridgehead atoms. The highest BCUT2D eigenvalue weighted by atomic mass is 16.4. The molecule has 0 unspecified atom stereocenters. The fourth-order valence-electron chi connectivity index (χ4n) is 6.90. The number of fused-ring (bicyclic) bond motifs is 7. The second-order valence-corrected chi connectivity index (χ2v) is 11.7. The zero-order valence-electron chi connectivity index (χ0n) is 24.9. The van der Waals surface area contributed by atoms with Gasteiger partial charge < -0.3 is 8.98 Å². The molecule has 2 heterocycles. The summed E-state index contributed by atoms with van der Waals surface area (Å²) in [6.07, 6.45) is 0. The lowest BCUT2D eigenvalue weighted by Gasteiger charge is -2.14. The lowest BCUT2D eigenvalue weighted by Crippen LogP contribution is -2.01. The number of benzene rings is 7. The summed E-state index contributed by atoms with van der Waals surface area (Å²) in [6, 6.07) is 56.9. The SMILES string of the molecule is O=c1oc2ccc3c4ccccc4n(-c4cccc(-c5cc(-c6ccccc6)cc(-c6ccccc6)c5)c4)c3c2c2ccccc12. The molecule has 0 N–H and O–H groups in total. The Morgan fingerprint density at radius 3 is 1.67 bits per heavy atom. The summed E-state index contributed by atoms with van der Waals surface area (Å²) >= 11 is 0. The molecule has 0 fully saturated rings. The van der Waals surface area contributed by atoms with E-state index in [0.717, 1.165) is 49.4 Å². The highest BCUT2D eigenvalue weighted by molar-refractivity contribution is 6.24. The molecule has 2 aromatic heterocycles. The van der Waals surface area contributed by atoms with Crippen molar-refractivity contribution in [2.45, 2.75) is 0 Å². The summed E-state index contributed by atoms with van der Waals surface area (Å²) < 4.78 is 8.23. The van der Waals surface area contributed by atoms with Gasteiger partial charge in [0.2, 0.25) is 0 Å². The minimum Gasteiger partial charge on any atom is -0.422 e. The monoisotopic (exact) mass is 589 g/mol. The predicted octanol–water partition coefficient (Wildman–Crippen LogP) is 11.0. The van der Waals surface area contributed by atoms with Crippen LogP contribution in [0.5, 0.6) is 0 Å². The first-order valence-corrected chi connectivity index (χ1v) is 15.5. The van der Waals surface area contributed by atoms with E-state index >= 15 is 0 Å². The zero-order valence-corrected chi connectivity index (χ0v) is 24.9. The number of hydrogen-bond acceptors (Lipinski definition) is 2. The van der Waals surface area contributed by atoms with Gasteiger partial charge in [-0.1, -0.05) is 109 Å². The predicted molar refractivity (Wildman–Crippen MR) is 191 cm³/mol. The second kappa shape index (κ2) is 10.5. The molecular formula is C43H27NO2. The first-order valence-electron chi connectivity index (χ1n) is 15.5. The quantitative estimate of drug-likeness (QED) is 0.151. The third-order valence-electron chi connectivity index (χ3n) is 9.00. The molecule has 0 spiro atoms. The lowest BCUT2D eigenvalue weighted by atomic mass is 9.93. The normalized spacial score (nSPS) is 11.6. The van der Waals surface area contributed by atoms with E-state index in [1.54, 1.807) is 0 Å². The number of rotatable bonds is 4. The van der Waals surface area contributed by atoms with Crippen LogP contribution in [0.2, 0.25) is 0 Å². The van der Waals surface area contributed by atoms with E-state index in [2.05, 4.69) is 138 Å². The standard InChI is InChI=1S/C43H27NO2/c45-43-38-20-8-7-19-36(38)41-40(46-43)23-22-37-35-18-9-10-21-39(35)44(42(37)41)34-17-11-16-30(27-34)33-25-31(28-12-3-1-4-13-28)24-32(26-33)29-14-5-2-6-15-29/h1-27H. The van der Waals surface area contributed by atoms with E-state index in [1.165, 1.54) is 22.3 Å². The van der Waals surface area contributed by atoms with Gasteiger partial charge in [0.05, 0.1) is 21.8 Å². The molecule has 9 rings (SSSR count). The van der Waals surface area contributed by atoms with E-state index in [0.29, 0.717) is 11.0 Å². The zero-order chi connectivity index (χ0) is 30.6. The van der Waals surface area contributed by atoms with Crippen molar-refractivity contribution in [3.8, 4) is 39.1 Å². The number of hydrogen-bond donors (Lipinski definition) is 0. The van der Waals surface area contributed by atoms with Gasteiger partial charge in [-0.2, -0.15) is 0 Å². The Morgan fingerprint density at radius 2 is 0.978 bits per heavy atom. The molecule has 9 aromatic rings. The minimum atomic E-state index is -0.320. The molecule has 0 aliphatic carbocycles. The van der Waals surface area contributed by atoms with E-state index < -0.39 is 0 Å². The molecule has 0 atom stereocenters. The molecule has 46 heavy (non-hydrogen) atoms.